The van der Waals surface area contributed by atoms with Crippen molar-refractivity contribution in [1.82, 2.24) is 24.9 Å². The van der Waals surface area contributed by atoms with E-state index in [0.29, 0.717) is 26.2 Å². The van der Waals surface area contributed by atoms with E-state index in [0.717, 1.165) is 33.7 Å². The summed E-state index contributed by atoms with van der Waals surface area (Å²) in [4.78, 5) is 29.4. The number of ether oxygens (including phenoxy) is 1. The van der Waals surface area contributed by atoms with Crippen molar-refractivity contribution in [2.75, 3.05) is 27.2 Å². The van der Waals surface area contributed by atoms with Crippen LogP contribution in [0.25, 0.3) is 0 Å². The minimum absolute atomic E-state index is 0.0575. The number of methoxy groups -OCH3 is 1. The van der Waals surface area contributed by atoms with Crippen LogP contribution in [0.5, 0.6) is 5.75 Å². The first-order valence-corrected chi connectivity index (χ1v) is 10.6. The molecule has 0 saturated carbocycles. The molecular weight excluding hydrogens is 394 g/mol. The van der Waals surface area contributed by atoms with Gasteiger partial charge in [-0.1, -0.05) is 6.07 Å². The zero-order chi connectivity index (χ0) is 22.7. The Hall–Kier alpha value is -2.87. The van der Waals surface area contributed by atoms with E-state index in [4.69, 9.17) is 4.74 Å². The van der Waals surface area contributed by atoms with Gasteiger partial charge in [-0.05, 0) is 43.5 Å². The van der Waals surface area contributed by atoms with Gasteiger partial charge in [0.2, 0.25) is 11.8 Å². The van der Waals surface area contributed by atoms with Gasteiger partial charge in [0, 0.05) is 52.0 Å². The van der Waals surface area contributed by atoms with Crippen molar-refractivity contribution in [2.45, 2.75) is 46.3 Å². The minimum atomic E-state index is -0.486. The van der Waals surface area contributed by atoms with E-state index in [-0.39, 0.29) is 18.2 Å². The summed E-state index contributed by atoms with van der Waals surface area (Å²) in [6, 6.07) is 3.52. The Kier molecular flexibility index (Phi) is 7.00. The lowest BCUT2D eigenvalue weighted by atomic mass is 10.00. The lowest BCUT2D eigenvalue weighted by Gasteiger charge is -2.36. The second-order valence-corrected chi connectivity index (χ2v) is 8.32. The molecule has 1 aromatic carbocycles. The maximum atomic E-state index is 13.0. The van der Waals surface area contributed by atoms with Gasteiger partial charge in [-0.15, -0.1) is 0 Å². The maximum absolute atomic E-state index is 13.0. The third-order valence-corrected chi connectivity index (χ3v) is 6.20. The van der Waals surface area contributed by atoms with Crippen LogP contribution in [0, 0.1) is 20.8 Å². The quantitative estimate of drug-likeness (QED) is 0.728. The number of amides is 2. The number of nitrogens with zero attached hydrogens (tertiary/aromatic N) is 4. The first-order valence-electron chi connectivity index (χ1n) is 10.6. The van der Waals surface area contributed by atoms with Crippen LogP contribution in [-0.2, 0) is 29.7 Å². The summed E-state index contributed by atoms with van der Waals surface area (Å²) >= 11 is 0. The van der Waals surface area contributed by atoms with Crippen molar-refractivity contribution in [3.63, 3.8) is 0 Å². The molecule has 1 aliphatic rings. The number of piperazine rings is 1. The first kappa shape index (κ1) is 22.8. The summed E-state index contributed by atoms with van der Waals surface area (Å²) in [5.74, 6) is 0.711. The monoisotopic (exact) mass is 427 g/mol. The second-order valence-electron chi connectivity index (χ2n) is 8.32. The number of aromatic nitrogens is 2. The van der Waals surface area contributed by atoms with Crippen LogP contribution in [0.15, 0.2) is 18.3 Å². The molecule has 0 bridgehead atoms. The highest BCUT2D eigenvalue weighted by atomic mass is 16.5. The van der Waals surface area contributed by atoms with E-state index in [9.17, 15) is 9.59 Å². The number of hydrogen-bond donors (Lipinski definition) is 1. The molecule has 1 aromatic heterocycles. The van der Waals surface area contributed by atoms with Crippen LogP contribution in [-0.4, -0.2) is 64.7 Å². The van der Waals surface area contributed by atoms with Crippen molar-refractivity contribution in [2.24, 2.45) is 7.05 Å². The number of hydrogen-bond acceptors (Lipinski definition) is 5. The predicted octanol–water partition coefficient (Wildman–Crippen LogP) is 1.70. The predicted molar refractivity (Wildman–Crippen MR) is 119 cm³/mol. The van der Waals surface area contributed by atoms with Crippen LogP contribution in [0.1, 0.15) is 34.4 Å². The summed E-state index contributed by atoms with van der Waals surface area (Å²) in [5.41, 5.74) is 5.31. The Labute approximate surface area is 184 Å². The molecule has 0 radical (unpaired) electrons. The highest BCUT2D eigenvalue weighted by Gasteiger charge is 2.33. The molecule has 1 atom stereocenters. The molecule has 2 amide bonds. The van der Waals surface area contributed by atoms with Crippen molar-refractivity contribution in [3.8, 4) is 5.75 Å². The molecule has 8 nitrogen and oxygen atoms in total. The zero-order valence-corrected chi connectivity index (χ0v) is 19.4. The van der Waals surface area contributed by atoms with E-state index >= 15 is 0 Å². The fraction of sp³-hybridized carbons (Fsp3) is 0.522. The average molecular weight is 428 g/mol. The Morgan fingerprint density at radius 2 is 2.00 bits per heavy atom. The van der Waals surface area contributed by atoms with E-state index in [1.54, 1.807) is 23.7 Å². The van der Waals surface area contributed by atoms with Crippen molar-refractivity contribution >= 4 is 11.8 Å². The third-order valence-electron chi connectivity index (χ3n) is 6.20. The molecule has 0 spiro atoms. The number of carbonyl (C=O) groups excluding carboxylic acids is 2. The van der Waals surface area contributed by atoms with Gasteiger partial charge in [-0.25, -0.2) is 0 Å². The minimum Gasteiger partial charge on any atom is -0.496 e. The molecule has 2 aromatic rings. The fourth-order valence-electron chi connectivity index (χ4n) is 4.11. The van der Waals surface area contributed by atoms with Crippen LogP contribution < -0.4 is 10.1 Å². The number of aryl methyl sites for hydroxylation is 2. The highest BCUT2D eigenvalue weighted by molar-refractivity contribution is 5.88. The van der Waals surface area contributed by atoms with Gasteiger partial charge in [-0.2, -0.15) is 5.10 Å². The van der Waals surface area contributed by atoms with Crippen LogP contribution in [0.4, 0.5) is 0 Å². The van der Waals surface area contributed by atoms with Crippen molar-refractivity contribution < 1.29 is 14.3 Å². The average Bonchev–Trinajstić information content (AvgIpc) is 3.04. The normalized spacial score (nSPS) is 16.8. The van der Waals surface area contributed by atoms with Gasteiger partial charge in [0.05, 0.1) is 25.3 Å². The number of nitrogens with one attached hydrogen (secondary N) is 1. The van der Waals surface area contributed by atoms with Gasteiger partial charge in [0.1, 0.15) is 5.75 Å². The molecule has 8 heteroatoms. The lowest BCUT2D eigenvalue weighted by Crippen LogP contribution is -2.56. The van der Waals surface area contributed by atoms with Crippen molar-refractivity contribution in [3.05, 3.63) is 46.3 Å². The van der Waals surface area contributed by atoms with Gasteiger partial charge in [-0.3, -0.25) is 19.2 Å². The molecule has 1 unspecified atom stereocenters. The van der Waals surface area contributed by atoms with Crippen LogP contribution in [0.3, 0.4) is 0 Å². The standard InChI is InChI=1S/C23H33N5O3/c1-15-16(2)21(31-6)8-7-18(15)14-28-10-9-24-23(30)20(28)11-22(29)26(4)12-19-13-27(5)25-17(19)3/h7-8,13,20H,9-12,14H2,1-6H3,(H,24,30). The topological polar surface area (TPSA) is 79.7 Å². The fourth-order valence-corrected chi connectivity index (χ4v) is 4.11. The van der Waals surface area contributed by atoms with Crippen molar-refractivity contribution in [1.29, 1.82) is 0 Å². The zero-order valence-electron chi connectivity index (χ0n) is 19.4. The van der Waals surface area contributed by atoms with E-state index < -0.39 is 6.04 Å². The number of carbonyl (C=O) groups is 2. The Balaban J connectivity index is 1.72. The molecule has 1 saturated heterocycles. The Morgan fingerprint density at radius 3 is 2.65 bits per heavy atom. The summed E-state index contributed by atoms with van der Waals surface area (Å²) in [6.45, 7) is 8.43. The molecule has 1 N–H and O–H groups in total. The van der Waals surface area contributed by atoms with E-state index in [1.165, 1.54) is 0 Å². The van der Waals surface area contributed by atoms with Gasteiger partial charge in [0.15, 0.2) is 0 Å². The molecule has 2 heterocycles. The highest BCUT2D eigenvalue weighted by Crippen LogP contribution is 2.26. The smallest absolute Gasteiger partial charge is 0.237 e. The molecule has 168 valence electrons. The molecule has 31 heavy (non-hydrogen) atoms. The summed E-state index contributed by atoms with van der Waals surface area (Å²) in [5, 5.41) is 7.25. The maximum Gasteiger partial charge on any atom is 0.237 e. The Bertz CT molecular complexity index is 968. The van der Waals surface area contributed by atoms with E-state index in [1.807, 2.05) is 39.2 Å². The first-order chi connectivity index (χ1) is 14.7. The number of benzene rings is 1. The lowest BCUT2D eigenvalue weighted by molar-refractivity contribution is -0.138. The SMILES string of the molecule is COc1ccc(CN2CCNC(=O)C2CC(=O)N(C)Cc2cn(C)nc2C)c(C)c1C. The summed E-state index contributed by atoms with van der Waals surface area (Å²) < 4.78 is 7.16. The molecule has 0 aliphatic carbocycles. The second kappa shape index (κ2) is 9.51. The molecular formula is C23H33N5O3. The largest absolute Gasteiger partial charge is 0.496 e. The van der Waals surface area contributed by atoms with Gasteiger partial charge >= 0.3 is 0 Å². The number of rotatable bonds is 7. The van der Waals surface area contributed by atoms with Crippen LogP contribution >= 0.6 is 0 Å². The summed E-state index contributed by atoms with van der Waals surface area (Å²) in [6.07, 6.45) is 2.07. The molecule has 3 rings (SSSR count). The Morgan fingerprint density at radius 1 is 1.26 bits per heavy atom. The van der Waals surface area contributed by atoms with Crippen LogP contribution in [0.2, 0.25) is 0 Å². The van der Waals surface area contributed by atoms with E-state index in [2.05, 4.69) is 22.2 Å². The van der Waals surface area contributed by atoms with Gasteiger partial charge in [0.25, 0.3) is 0 Å². The molecule has 1 fully saturated rings. The molecule has 1 aliphatic heterocycles. The third kappa shape index (κ3) is 5.07. The van der Waals surface area contributed by atoms with Gasteiger partial charge < -0.3 is 15.0 Å². The summed E-state index contributed by atoms with van der Waals surface area (Å²) in [7, 11) is 5.31.